The summed E-state index contributed by atoms with van der Waals surface area (Å²) in [5.74, 6) is 1.15. The van der Waals surface area contributed by atoms with Crippen molar-refractivity contribution < 1.29 is 0 Å². The Kier molecular flexibility index (Phi) is 4.73. The summed E-state index contributed by atoms with van der Waals surface area (Å²) < 4.78 is 0. The number of nitrogens with one attached hydrogen (secondary N) is 2. The minimum atomic E-state index is 0.477. The fraction of sp³-hybridized carbons (Fsp3) is 0.176. The molecule has 0 amide bonds. The monoisotopic (exact) mass is 306 g/mol. The Hall–Kier alpha value is -3.02. The Morgan fingerprint density at radius 1 is 1.04 bits per heavy atom. The van der Waals surface area contributed by atoms with Crippen molar-refractivity contribution in [1.29, 1.82) is 0 Å². The molecule has 0 unspecified atom stereocenters. The first-order valence-electron chi connectivity index (χ1n) is 7.52. The lowest BCUT2D eigenvalue weighted by atomic mass is 10.1. The number of hydrogen-bond donors (Lipinski definition) is 2. The van der Waals surface area contributed by atoms with E-state index in [0.29, 0.717) is 18.3 Å². The standard InChI is InChI=1S/C17H18N6/c1-2-14-5-3-4-6-15(14)21-17-22-16(12-20-23-17)19-11-13-7-9-18-10-8-13/h3-10,12H,2,11H2,1H3,(H2,19,21,22,23). The summed E-state index contributed by atoms with van der Waals surface area (Å²) in [6, 6.07) is 12.0. The van der Waals surface area contributed by atoms with Gasteiger partial charge in [0, 0.05) is 24.6 Å². The summed E-state index contributed by atoms with van der Waals surface area (Å²) >= 11 is 0. The molecule has 0 aliphatic heterocycles. The molecular formula is C17H18N6. The molecule has 3 rings (SSSR count). The van der Waals surface area contributed by atoms with Crippen molar-refractivity contribution in [3.05, 3.63) is 66.1 Å². The molecule has 0 aliphatic rings. The van der Waals surface area contributed by atoms with Gasteiger partial charge in [-0.05, 0) is 35.7 Å². The highest BCUT2D eigenvalue weighted by Gasteiger charge is 2.04. The van der Waals surface area contributed by atoms with E-state index in [1.807, 2.05) is 30.3 Å². The number of para-hydroxylation sites is 1. The number of pyridine rings is 1. The summed E-state index contributed by atoms with van der Waals surface area (Å²) in [5, 5.41) is 14.5. The molecule has 0 spiro atoms. The minimum Gasteiger partial charge on any atom is -0.365 e. The Bertz CT molecular complexity index is 760. The number of hydrogen-bond acceptors (Lipinski definition) is 6. The second-order valence-electron chi connectivity index (χ2n) is 5.01. The second kappa shape index (κ2) is 7.31. The van der Waals surface area contributed by atoms with Crippen LogP contribution in [0.25, 0.3) is 0 Å². The van der Waals surface area contributed by atoms with Crippen LogP contribution in [-0.4, -0.2) is 20.2 Å². The molecule has 0 bridgehead atoms. The second-order valence-corrected chi connectivity index (χ2v) is 5.01. The molecule has 0 saturated heterocycles. The summed E-state index contributed by atoms with van der Waals surface area (Å²) in [7, 11) is 0. The number of nitrogens with zero attached hydrogens (tertiary/aromatic N) is 4. The van der Waals surface area contributed by atoms with E-state index in [0.717, 1.165) is 17.7 Å². The molecule has 0 saturated carbocycles. The van der Waals surface area contributed by atoms with Gasteiger partial charge < -0.3 is 10.6 Å². The smallest absolute Gasteiger partial charge is 0.249 e. The van der Waals surface area contributed by atoms with Gasteiger partial charge in [0.05, 0.1) is 6.20 Å². The SMILES string of the molecule is CCc1ccccc1Nc1nncc(NCc2ccncc2)n1. The van der Waals surface area contributed by atoms with E-state index in [-0.39, 0.29) is 0 Å². The van der Waals surface area contributed by atoms with Gasteiger partial charge >= 0.3 is 0 Å². The number of anilines is 3. The average Bonchev–Trinajstić information content (AvgIpc) is 2.62. The van der Waals surface area contributed by atoms with Crippen LogP contribution in [0.2, 0.25) is 0 Å². The van der Waals surface area contributed by atoms with Crippen LogP contribution in [0.5, 0.6) is 0 Å². The molecule has 116 valence electrons. The van der Waals surface area contributed by atoms with E-state index in [1.54, 1.807) is 18.6 Å². The van der Waals surface area contributed by atoms with Crippen molar-refractivity contribution in [2.24, 2.45) is 0 Å². The lowest BCUT2D eigenvalue weighted by Crippen LogP contribution is -2.06. The highest BCUT2D eigenvalue weighted by molar-refractivity contribution is 5.58. The van der Waals surface area contributed by atoms with Crippen LogP contribution in [0.4, 0.5) is 17.5 Å². The number of aromatic nitrogens is 4. The Labute approximate surface area is 135 Å². The van der Waals surface area contributed by atoms with Crippen molar-refractivity contribution in [1.82, 2.24) is 20.2 Å². The molecular weight excluding hydrogens is 288 g/mol. The van der Waals surface area contributed by atoms with Crippen LogP contribution < -0.4 is 10.6 Å². The molecule has 23 heavy (non-hydrogen) atoms. The molecule has 0 fully saturated rings. The third-order valence-corrected chi connectivity index (χ3v) is 3.43. The van der Waals surface area contributed by atoms with Gasteiger partial charge in [-0.25, -0.2) is 0 Å². The predicted molar refractivity (Wildman–Crippen MR) is 90.5 cm³/mol. The van der Waals surface area contributed by atoms with E-state index in [2.05, 4.69) is 43.8 Å². The highest BCUT2D eigenvalue weighted by atomic mass is 15.3. The summed E-state index contributed by atoms with van der Waals surface area (Å²) in [4.78, 5) is 8.45. The van der Waals surface area contributed by atoms with Crippen LogP contribution >= 0.6 is 0 Å². The van der Waals surface area contributed by atoms with Crippen LogP contribution in [0.1, 0.15) is 18.1 Å². The van der Waals surface area contributed by atoms with Crippen molar-refractivity contribution in [3.8, 4) is 0 Å². The third kappa shape index (κ3) is 4.00. The van der Waals surface area contributed by atoms with E-state index in [9.17, 15) is 0 Å². The molecule has 1 aromatic carbocycles. The molecule has 2 aromatic heterocycles. The lowest BCUT2D eigenvalue weighted by Gasteiger charge is -2.10. The summed E-state index contributed by atoms with van der Waals surface area (Å²) in [6.07, 6.45) is 6.09. The number of aryl methyl sites for hydroxylation is 1. The van der Waals surface area contributed by atoms with Crippen LogP contribution in [0.15, 0.2) is 55.0 Å². The van der Waals surface area contributed by atoms with Gasteiger partial charge in [-0.1, -0.05) is 25.1 Å². The van der Waals surface area contributed by atoms with Crippen molar-refractivity contribution in [3.63, 3.8) is 0 Å². The van der Waals surface area contributed by atoms with Gasteiger partial charge in [-0.3, -0.25) is 4.98 Å². The van der Waals surface area contributed by atoms with Gasteiger partial charge in [-0.2, -0.15) is 10.1 Å². The van der Waals surface area contributed by atoms with Crippen LogP contribution in [-0.2, 0) is 13.0 Å². The zero-order chi connectivity index (χ0) is 15.9. The average molecular weight is 306 g/mol. The predicted octanol–water partition coefficient (Wildman–Crippen LogP) is 3.18. The molecule has 0 radical (unpaired) electrons. The molecule has 0 atom stereocenters. The number of benzene rings is 1. The minimum absolute atomic E-state index is 0.477. The first kappa shape index (κ1) is 14.9. The first-order valence-corrected chi connectivity index (χ1v) is 7.52. The van der Waals surface area contributed by atoms with Gasteiger partial charge in [0.25, 0.3) is 0 Å². The molecule has 2 N–H and O–H groups in total. The molecule has 3 aromatic rings. The fourth-order valence-corrected chi connectivity index (χ4v) is 2.21. The fourth-order valence-electron chi connectivity index (χ4n) is 2.21. The van der Waals surface area contributed by atoms with Gasteiger partial charge in [0.15, 0.2) is 5.82 Å². The third-order valence-electron chi connectivity index (χ3n) is 3.43. The van der Waals surface area contributed by atoms with Crippen LogP contribution in [0, 0.1) is 0 Å². The Morgan fingerprint density at radius 3 is 2.70 bits per heavy atom. The van der Waals surface area contributed by atoms with Crippen molar-refractivity contribution >= 4 is 17.5 Å². The normalized spacial score (nSPS) is 10.3. The first-order chi connectivity index (χ1) is 11.3. The molecule has 2 heterocycles. The van der Waals surface area contributed by atoms with Crippen molar-refractivity contribution in [2.75, 3.05) is 10.6 Å². The maximum absolute atomic E-state index is 4.45. The lowest BCUT2D eigenvalue weighted by molar-refractivity contribution is 0.963. The maximum atomic E-state index is 4.45. The maximum Gasteiger partial charge on any atom is 0.249 e. The zero-order valence-electron chi connectivity index (χ0n) is 12.9. The summed E-state index contributed by atoms with van der Waals surface area (Å²) in [5.41, 5.74) is 3.35. The van der Waals surface area contributed by atoms with Crippen molar-refractivity contribution in [2.45, 2.75) is 19.9 Å². The van der Waals surface area contributed by atoms with E-state index >= 15 is 0 Å². The van der Waals surface area contributed by atoms with Gasteiger partial charge in [0.1, 0.15) is 0 Å². The molecule has 6 heteroatoms. The quantitative estimate of drug-likeness (QED) is 0.728. The largest absolute Gasteiger partial charge is 0.365 e. The van der Waals surface area contributed by atoms with E-state index in [1.165, 1.54) is 5.56 Å². The number of rotatable bonds is 6. The summed E-state index contributed by atoms with van der Waals surface area (Å²) in [6.45, 7) is 2.78. The van der Waals surface area contributed by atoms with E-state index < -0.39 is 0 Å². The van der Waals surface area contributed by atoms with E-state index in [4.69, 9.17) is 0 Å². The van der Waals surface area contributed by atoms with Crippen LogP contribution in [0.3, 0.4) is 0 Å². The van der Waals surface area contributed by atoms with Gasteiger partial charge in [-0.15, -0.1) is 5.10 Å². The molecule has 0 aliphatic carbocycles. The highest BCUT2D eigenvalue weighted by Crippen LogP contribution is 2.19. The Morgan fingerprint density at radius 2 is 1.87 bits per heavy atom. The Balaban J connectivity index is 1.70. The molecule has 6 nitrogen and oxygen atoms in total. The zero-order valence-corrected chi connectivity index (χ0v) is 12.9. The van der Waals surface area contributed by atoms with Gasteiger partial charge in [0.2, 0.25) is 5.95 Å². The topological polar surface area (TPSA) is 75.6 Å².